The zero-order chi connectivity index (χ0) is 14.1. The van der Waals surface area contributed by atoms with Crippen LogP contribution in [0.3, 0.4) is 0 Å². The van der Waals surface area contributed by atoms with E-state index in [1.807, 2.05) is 0 Å². The van der Waals surface area contributed by atoms with Gasteiger partial charge in [0.05, 0.1) is 10.8 Å². The molecule has 1 heterocycles. The molecule has 0 radical (unpaired) electrons. The summed E-state index contributed by atoms with van der Waals surface area (Å²) in [5.74, 6) is -0.729. The van der Waals surface area contributed by atoms with E-state index in [9.17, 15) is 14.7 Å². The molecule has 2 aliphatic rings. The Morgan fingerprint density at radius 1 is 1.21 bits per heavy atom. The number of carbonyl (C=O) groups is 2. The normalized spacial score (nSPS) is 30.3. The van der Waals surface area contributed by atoms with Gasteiger partial charge in [0, 0.05) is 19.6 Å². The Morgan fingerprint density at radius 3 is 2.32 bits per heavy atom. The molecule has 0 aromatic heterocycles. The van der Waals surface area contributed by atoms with Crippen molar-refractivity contribution in [1.82, 2.24) is 4.90 Å². The predicted octanol–water partition coefficient (Wildman–Crippen LogP) is 1.22. The minimum atomic E-state index is -0.812. The number of carboxylic acid groups (broad SMARTS) is 1. The molecule has 2 rings (SSSR count). The summed E-state index contributed by atoms with van der Waals surface area (Å²) in [5.41, 5.74) is 4.65. The maximum absolute atomic E-state index is 12.7. The van der Waals surface area contributed by atoms with Crippen molar-refractivity contribution in [3.8, 4) is 0 Å². The van der Waals surface area contributed by atoms with Crippen molar-refractivity contribution in [3.05, 3.63) is 0 Å². The Labute approximate surface area is 114 Å². The number of likely N-dealkylation sites (tertiary alicyclic amines) is 1. The van der Waals surface area contributed by atoms with Gasteiger partial charge in [-0.1, -0.05) is 19.3 Å². The first-order valence-corrected chi connectivity index (χ1v) is 7.16. The van der Waals surface area contributed by atoms with Gasteiger partial charge in [0.15, 0.2) is 0 Å². The number of rotatable bonds is 3. The van der Waals surface area contributed by atoms with Crippen LogP contribution in [0.5, 0.6) is 0 Å². The minimum Gasteiger partial charge on any atom is -0.481 e. The van der Waals surface area contributed by atoms with Crippen LogP contribution < -0.4 is 5.73 Å². The quantitative estimate of drug-likeness (QED) is 0.806. The van der Waals surface area contributed by atoms with Gasteiger partial charge in [-0.05, 0) is 26.2 Å². The zero-order valence-corrected chi connectivity index (χ0v) is 11.7. The van der Waals surface area contributed by atoms with Crippen LogP contribution in [0.1, 0.15) is 45.4 Å². The fourth-order valence-electron chi connectivity index (χ4n) is 3.38. The standard InChI is InChI=1S/C14H24N2O3/c1-13(12(18)19)7-8-16(10-13)11(17)14(9-15)5-3-2-4-6-14/h2-10,15H2,1H3,(H,18,19). The van der Waals surface area contributed by atoms with Crippen molar-refractivity contribution in [2.24, 2.45) is 16.6 Å². The van der Waals surface area contributed by atoms with Crippen molar-refractivity contribution in [3.63, 3.8) is 0 Å². The van der Waals surface area contributed by atoms with Crippen LogP contribution in [0.25, 0.3) is 0 Å². The average molecular weight is 268 g/mol. The van der Waals surface area contributed by atoms with Gasteiger partial charge < -0.3 is 15.7 Å². The van der Waals surface area contributed by atoms with E-state index >= 15 is 0 Å². The van der Waals surface area contributed by atoms with Gasteiger partial charge in [0.2, 0.25) is 5.91 Å². The molecule has 5 heteroatoms. The van der Waals surface area contributed by atoms with Crippen molar-refractivity contribution in [2.75, 3.05) is 19.6 Å². The smallest absolute Gasteiger partial charge is 0.311 e. The van der Waals surface area contributed by atoms with Crippen LogP contribution in [0.4, 0.5) is 0 Å². The zero-order valence-electron chi connectivity index (χ0n) is 11.7. The third kappa shape index (κ3) is 2.48. The lowest BCUT2D eigenvalue weighted by molar-refractivity contribution is -0.148. The Bertz CT molecular complexity index is 377. The van der Waals surface area contributed by atoms with E-state index < -0.39 is 16.8 Å². The third-order valence-corrected chi connectivity index (χ3v) is 4.93. The summed E-state index contributed by atoms with van der Waals surface area (Å²) in [7, 11) is 0. The molecule has 2 fully saturated rings. The van der Waals surface area contributed by atoms with Gasteiger partial charge in [-0.3, -0.25) is 9.59 Å². The van der Waals surface area contributed by atoms with Crippen LogP contribution in [0.15, 0.2) is 0 Å². The second-order valence-corrected chi connectivity index (χ2v) is 6.39. The van der Waals surface area contributed by atoms with Crippen LogP contribution in [0, 0.1) is 10.8 Å². The fourth-order valence-corrected chi connectivity index (χ4v) is 3.38. The number of amides is 1. The lowest BCUT2D eigenvalue weighted by atomic mass is 9.73. The SMILES string of the molecule is CC1(C(=O)O)CCN(C(=O)C2(CN)CCCCC2)C1. The largest absolute Gasteiger partial charge is 0.481 e. The number of hydrogen-bond donors (Lipinski definition) is 2. The maximum atomic E-state index is 12.7. The van der Waals surface area contributed by atoms with Gasteiger partial charge >= 0.3 is 5.97 Å². The van der Waals surface area contributed by atoms with E-state index in [0.717, 1.165) is 25.7 Å². The van der Waals surface area contributed by atoms with E-state index in [0.29, 0.717) is 26.1 Å². The van der Waals surface area contributed by atoms with Gasteiger partial charge in [0.1, 0.15) is 0 Å². The monoisotopic (exact) mass is 268 g/mol. The summed E-state index contributed by atoms with van der Waals surface area (Å²) in [6.45, 7) is 2.97. The average Bonchev–Trinajstić information content (AvgIpc) is 2.83. The summed E-state index contributed by atoms with van der Waals surface area (Å²) < 4.78 is 0. The van der Waals surface area contributed by atoms with Crippen molar-refractivity contribution in [2.45, 2.75) is 45.4 Å². The van der Waals surface area contributed by atoms with Gasteiger partial charge in [-0.15, -0.1) is 0 Å². The van der Waals surface area contributed by atoms with E-state index in [-0.39, 0.29) is 5.91 Å². The van der Waals surface area contributed by atoms with Gasteiger partial charge in [0.25, 0.3) is 0 Å². The summed E-state index contributed by atoms with van der Waals surface area (Å²) in [4.78, 5) is 25.7. The molecule has 1 aliphatic heterocycles. The molecule has 108 valence electrons. The van der Waals surface area contributed by atoms with Gasteiger partial charge in [-0.25, -0.2) is 0 Å². The van der Waals surface area contributed by atoms with E-state index in [1.54, 1.807) is 11.8 Å². The number of nitrogens with two attached hydrogens (primary N) is 1. The number of hydrogen-bond acceptors (Lipinski definition) is 3. The number of carboxylic acids is 1. The molecule has 0 aromatic rings. The summed E-state index contributed by atoms with van der Waals surface area (Å²) in [5, 5.41) is 9.24. The number of aliphatic carboxylic acids is 1. The molecular formula is C14H24N2O3. The molecular weight excluding hydrogens is 244 g/mol. The molecule has 0 bridgehead atoms. The first-order chi connectivity index (χ1) is 8.93. The predicted molar refractivity (Wildman–Crippen MR) is 71.5 cm³/mol. The highest BCUT2D eigenvalue weighted by molar-refractivity contribution is 5.85. The lowest BCUT2D eigenvalue weighted by Crippen LogP contribution is -2.49. The second-order valence-electron chi connectivity index (χ2n) is 6.39. The molecule has 1 amide bonds. The minimum absolute atomic E-state index is 0.0830. The fraction of sp³-hybridized carbons (Fsp3) is 0.857. The van der Waals surface area contributed by atoms with Gasteiger partial charge in [-0.2, -0.15) is 0 Å². The van der Waals surface area contributed by atoms with Crippen molar-refractivity contribution < 1.29 is 14.7 Å². The van der Waals surface area contributed by atoms with Crippen LogP contribution in [-0.2, 0) is 9.59 Å². The topological polar surface area (TPSA) is 83.6 Å². The van der Waals surface area contributed by atoms with E-state index in [2.05, 4.69) is 0 Å². The molecule has 0 aromatic carbocycles. The Balaban J connectivity index is 2.10. The first kappa shape index (κ1) is 14.3. The van der Waals surface area contributed by atoms with Crippen LogP contribution in [-0.4, -0.2) is 41.5 Å². The molecule has 1 saturated heterocycles. The van der Waals surface area contributed by atoms with E-state index in [4.69, 9.17) is 5.73 Å². The highest BCUT2D eigenvalue weighted by atomic mass is 16.4. The van der Waals surface area contributed by atoms with Crippen LogP contribution >= 0.6 is 0 Å². The number of nitrogens with zero attached hydrogens (tertiary/aromatic N) is 1. The Hall–Kier alpha value is -1.10. The number of carbonyl (C=O) groups excluding carboxylic acids is 1. The summed E-state index contributed by atoms with van der Waals surface area (Å²) >= 11 is 0. The van der Waals surface area contributed by atoms with Crippen LogP contribution in [0.2, 0.25) is 0 Å². The molecule has 1 saturated carbocycles. The molecule has 1 aliphatic carbocycles. The molecule has 0 spiro atoms. The van der Waals surface area contributed by atoms with Crippen molar-refractivity contribution >= 4 is 11.9 Å². The molecule has 3 N–H and O–H groups in total. The molecule has 19 heavy (non-hydrogen) atoms. The Kier molecular flexibility index (Phi) is 3.85. The second kappa shape index (κ2) is 5.12. The Morgan fingerprint density at radius 2 is 1.84 bits per heavy atom. The highest BCUT2D eigenvalue weighted by Crippen LogP contribution is 2.40. The molecule has 1 unspecified atom stereocenters. The summed E-state index contributed by atoms with van der Waals surface area (Å²) in [6, 6.07) is 0. The summed E-state index contributed by atoms with van der Waals surface area (Å²) in [6.07, 6.45) is 5.50. The maximum Gasteiger partial charge on any atom is 0.311 e. The van der Waals surface area contributed by atoms with E-state index in [1.165, 1.54) is 6.42 Å². The lowest BCUT2D eigenvalue weighted by Gasteiger charge is -2.38. The molecule has 5 nitrogen and oxygen atoms in total. The third-order valence-electron chi connectivity index (χ3n) is 4.93. The first-order valence-electron chi connectivity index (χ1n) is 7.16. The molecule has 1 atom stereocenters. The highest BCUT2D eigenvalue weighted by Gasteiger charge is 2.47. The van der Waals surface area contributed by atoms with Crippen molar-refractivity contribution in [1.29, 1.82) is 0 Å².